The third-order valence-corrected chi connectivity index (χ3v) is 3.92. The lowest BCUT2D eigenvalue weighted by molar-refractivity contribution is 0.263. The molecular weight excluding hydrogens is 213 g/mol. The number of benzene rings is 1. The van der Waals surface area contributed by atoms with Crippen molar-refractivity contribution in [1.29, 1.82) is 0 Å². The lowest BCUT2D eigenvalue weighted by atomic mass is 9.85. The van der Waals surface area contributed by atoms with Gasteiger partial charge in [0.25, 0.3) is 0 Å². The first-order valence-electron chi connectivity index (χ1n) is 6.68. The van der Waals surface area contributed by atoms with E-state index in [1.165, 1.54) is 31.7 Å². The predicted octanol–water partition coefficient (Wildman–Crippen LogP) is 4.06. The quantitative estimate of drug-likeness (QED) is 0.833. The van der Waals surface area contributed by atoms with Gasteiger partial charge in [0, 0.05) is 12.1 Å². The van der Waals surface area contributed by atoms with Crippen molar-refractivity contribution >= 4 is 0 Å². The van der Waals surface area contributed by atoms with E-state index in [-0.39, 0.29) is 11.9 Å². The van der Waals surface area contributed by atoms with Crippen LogP contribution in [-0.2, 0) is 0 Å². The van der Waals surface area contributed by atoms with Gasteiger partial charge in [-0.15, -0.1) is 0 Å². The third kappa shape index (κ3) is 3.29. The SMILES string of the molecule is CC1CCCCC1N[C@H](C)c1cccc(F)c1. The Hall–Kier alpha value is -0.890. The molecule has 1 fully saturated rings. The minimum atomic E-state index is -0.146. The van der Waals surface area contributed by atoms with Gasteiger partial charge in [-0.3, -0.25) is 0 Å². The van der Waals surface area contributed by atoms with Gasteiger partial charge in [0.05, 0.1) is 0 Å². The zero-order valence-electron chi connectivity index (χ0n) is 10.7. The van der Waals surface area contributed by atoms with Crippen molar-refractivity contribution in [2.75, 3.05) is 0 Å². The average Bonchev–Trinajstić information content (AvgIpc) is 2.32. The smallest absolute Gasteiger partial charge is 0.123 e. The van der Waals surface area contributed by atoms with Gasteiger partial charge in [0.15, 0.2) is 0 Å². The minimum absolute atomic E-state index is 0.146. The molecule has 2 heteroatoms. The van der Waals surface area contributed by atoms with Gasteiger partial charge in [0.2, 0.25) is 0 Å². The summed E-state index contributed by atoms with van der Waals surface area (Å²) in [6.07, 6.45) is 5.24. The van der Waals surface area contributed by atoms with Gasteiger partial charge in [-0.05, 0) is 43.4 Å². The molecule has 17 heavy (non-hydrogen) atoms. The molecule has 94 valence electrons. The van der Waals surface area contributed by atoms with Crippen molar-refractivity contribution in [2.24, 2.45) is 5.92 Å². The second-order valence-corrected chi connectivity index (χ2v) is 5.31. The van der Waals surface area contributed by atoms with Crippen LogP contribution in [-0.4, -0.2) is 6.04 Å². The van der Waals surface area contributed by atoms with E-state index in [0.29, 0.717) is 6.04 Å². The van der Waals surface area contributed by atoms with Crippen LogP contribution in [0.1, 0.15) is 51.1 Å². The Morgan fingerprint density at radius 2 is 2.06 bits per heavy atom. The standard InChI is InChI=1S/C15H22FN/c1-11-6-3-4-9-15(11)17-12(2)13-7-5-8-14(16)10-13/h5,7-8,10-12,15,17H,3-4,6,9H2,1-2H3/t11?,12-,15?/m1/s1. The average molecular weight is 235 g/mol. The number of hydrogen-bond donors (Lipinski definition) is 1. The third-order valence-electron chi connectivity index (χ3n) is 3.92. The Morgan fingerprint density at radius 1 is 1.29 bits per heavy atom. The van der Waals surface area contributed by atoms with E-state index in [9.17, 15) is 4.39 Å². The fraction of sp³-hybridized carbons (Fsp3) is 0.600. The van der Waals surface area contributed by atoms with Crippen LogP contribution in [0.4, 0.5) is 4.39 Å². The molecule has 1 nitrogen and oxygen atoms in total. The normalized spacial score (nSPS) is 26.8. The lowest BCUT2D eigenvalue weighted by Gasteiger charge is -2.32. The van der Waals surface area contributed by atoms with Crippen LogP contribution < -0.4 is 5.32 Å². The lowest BCUT2D eigenvalue weighted by Crippen LogP contribution is -2.38. The van der Waals surface area contributed by atoms with E-state index in [0.717, 1.165) is 11.5 Å². The van der Waals surface area contributed by atoms with Gasteiger partial charge < -0.3 is 5.32 Å². The van der Waals surface area contributed by atoms with Crippen LogP contribution in [0, 0.1) is 11.7 Å². The summed E-state index contributed by atoms with van der Waals surface area (Å²) >= 11 is 0. The highest BCUT2D eigenvalue weighted by Gasteiger charge is 2.22. The zero-order chi connectivity index (χ0) is 12.3. The van der Waals surface area contributed by atoms with Gasteiger partial charge in [-0.25, -0.2) is 4.39 Å². The van der Waals surface area contributed by atoms with Gasteiger partial charge >= 0.3 is 0 Å². The van der Waals surface area contributed by atoms with Crippen molar-refractivity contribution in [3.63, 3.8) is 0 Å². The minimum Gasteiger partial charge on any atom is -0.307 e. The first-order valence-corrected chi connectivity index (χ1v) is 6.68. The van der Waals surface area contributed by atoms with Crippen molar-refractivity contribution in [1.82, 2.24) is 5.32 Å². The van der Waals surface area contributed by atoms with Crippen molar-refractivity contribution < 1.29 is 4.39 Å². The van der Waals surface area contributed by atoms with E-state index in [2.05, 4.69) is 19.2 Å². The maximum absolute atomic E-state index is 13.2. The van der Waals surface area contributed by atoms with Crippen molar-refractivity contribution in [3.8, 4) is 0 Å². The molecule has 0 bridgehead atoms. The van der Waals surface area contributed by atoms with Gasteiger partial charge in [-0.1, -0.05) is 31.9 Å². The zero-order valence-corrected chi connectivity index (χ0v) is 10.7. The van der Waals surface area contributed by atoms with Crippen LogP contribution in [0.3, 0.4) is 0 Å². The molecule has 1 aliphatic carbocycles. The van der Waals surface area contributed by atoms with E-state index in [1.807, 2.05) is 6.07 Å². The fourth-order valence-electron chi connectivity index (χ4n) is 2.76. The summed E-state index contributed by atoms with van der Waals surface area (Å²) in [6, 6.07) is 7.73. The molecule has 1 aliphatic rings. The summed E-state index contributed by atoms with van der Waals surface area (Å²) in [6.45, 7) is 4.44. The molecule has 0 amide bonds. The Balaban J connectivity index is 1.98. The monoisotopic (exact) mass is 235 g/mol. The molecule has 3 atom stereocenters. The molecule has 2 unspecified atom stereocenters. The highest BCUT2D eigenvalue weighted by molar-refractivity contribution is 5.19. The number of rotatable bonds is 3. The molecule has 1 N–H and O–H groups in total. The molecule has 0 radical (unpaired) electrons. The molecule has 0 heterocycles. The maximum Gasteiger partial charge on any atom is 0.123 e. The Labute approximate surface area is 103 Å². The summed E-state index contributed by atoms with van der Waals surface area (Å²) in [5.74, 6) is 0.590. The van der Waals surface area contributed by atoms with Crippen LogP contribution in [0.25, 0.3) is 0 Å². The van der Waals surface area contributed by atoms with E-state index in [1.54, 1.807) is 12.1 Å². The second kappa shape index (κ2) is 5.63. The largest absolute Gasteiger partial charge is 0.307 e. The van der Waals surface area contributed by atoms with Crippen LogP contribution in [0.5, 0.6) is 0 Å². The molecule has 1 aromatic carbocycles. The summed E-state index contributed by atoms with van der Waals surface area (Å²) in [7, 11) is 0. The maximum atomic E-state index is 13.2. The highest BCUT2D eigenvalue weighted by atomic mass is 19.1. The molecule has 0 saturated heterocycles. The number of halogens is 1. The van der Waals surface area contributed by atoms with Crippen LogP contribution >= 0.6 is 0 Å². The fourth-order valence-corrected chi connectivity index (χ4v) is 2.76. The molecule has 0 aliphatic heterocycles. The topological polar surface area (TPSA) is 12.0 Å². The number of hydrogen-bond acceptors (Lipinski definition) is 1. The molecule has 2 rings (SSSR count). The van der Waals surface area contributed by atoms with Crippen molar-refractivity contribution in [3.05, 3.63) is 35.6 Å². The summed E-state index contributed by atoms with van der Waals surface area (Å²) < 4.78 is 13.2. The summed E-state index contributed by atoms with van der Waals surface area (Å²) in [4.78, 5) is 0. The summed E-state index contributed by atoms with van der Waals surface area (Å²) in [5.41, 5.74) is 1.04. The van der Waals surface area contributed by atoms with Gasteiger partial charge in [-0.2, -0.15) is 0 Å². The molecule has 1 aromatic rings. The Morgan fingerprint density at radius 3 is 2.76 bits per heavy atom. The predicted molar refractivity (Wildman–Crippen MR) is 69.4 cm³/mol. The van der Waals surface area contributed by atoms with E-state index < -0.39 is 0 Å². The van der Waals surface area contributed by atoms with Gasteiger partial charge in [0.1, 0.15) is 5.82 Å². The highest BCUT2D eigenvalue weighted by Crippen LogP contribution is 2.26. The molecule has 1 saturated carbocycles. The Kier molecular flexibility index (Phi) is 4.16. The molecule has 0 aromatic heterocycles. The first kappa shape index (κ1) is 12.6. The summed E-state index contributed by atoms with van der Waals surface area (Å²) in [5, 5.41) is 3.65. The van der Waals surface area contributed by atoms with Crippen LogP contribution in [0.15, 0.2) is 24.3 Å². The van der Waals surface area contributed by atoms with E-state index >= 15 is 0 Å². The molecular formula is C15H22FN. The number of nitrogens with one attached hydrogen (secondary N) is 1. The van der Waals surface area contributed by atoms with Crippen LogP contribution in [0.2, 0.25) is 0 Å². The van der Waals surface area contributed by atoms with E-state index in [4.69, 9.17) is 0 Å². The molecule has 0 spiro atoms. The van der Waals surface area contributed by atoms with Crippen molar-refractivity contribution in [2.45, 2.75) is 51.6 Å². The first-order chi connectivity index (χ1) is 8.16. The second-order valence-electron chi connectivity index (χ2n) is 5.31. The Bertz CT molecular complexity index is 364.